The van der Waals surface area contributed by atoms with Crippen LogP contribution in [0.1, 0.15) is 34.9 Å². The van der Waals surface area contributed by atoms with Crippen LogP contribution in [0, 0.1) is 0 Å². The summed E-state index contributed by atoms with van der Waals surface area (Å²) in [6.45, 7) is 1.53. The normalized spacial score (nSPS) is 12.1. The molecule has 112 valence electrons. The number of aromatic carboxylic acids is 1. The molecule has 0 fully saturated rings. The lowest BCUT2D eigenvalue weighted by Crippen LogP contribution is -2.31. The average molecular weight is 293 g/mol. The van der Waals surface area contributed by atoms with Crippen LogP contribution in [0.2, 0.25) is 0 Å². The van der Waals surface area contributed by atoms with Gasteiger partial charge in [0.05, 0.1) is 18.0 Å². The Labute approximate surface area is 119 Å². The first-order chi connectivity index (χ1) is 10.0. The summed E-state index contributed by atoms with van der Waals surface area (Å²) in [6, 6.07) is 3.16. The van der Waals surface area contributed by atoms with Crippen LogP contribution in [0.15, 0.2) is 22.8 Å². The van der Waals surface area contributed by atoms with E-state index in [9.17, 15) is 9.59 Å². The van der Waals surface area contributed by atoms with Crippen LogP contribution in [-0.2, 0) is 17.9 Å². The van der Waals surface area contributed by atoms with Crippen LogP contribution >= 0.6 is 0 Å². The second-order valence-corrected chi connectivity index (χ2v) is 4.36. The van der Waals surface area contributed by atoms with Crippen LogP contribution < -0.4 is 11.1 Å². The Morgan fingerprint density at radius 1 is 1.57 bits per heavy atom. The molecule has 0 saturated carbocycles. The van der Waals surface area contributed by atoms with Gasteiger partial charge in [-0.25, -0.2) is 9.48 Å². The molecule has 0 aliphatic heterocycles. The van der Waals surface area contributed by atoms with Gasteiger partial charge in [0.25, 0.3) is 0 Å². The molecule has 4 N–H and O–H groups in total. The molecule has 1 unspecified atom stereocenters. The lowest BCUT2D eigenvalue weighted by molar-refractivity contribution is -0.122. The first-order valence-corrected chi connectivity index (χ1v) is 6.21. The molecule has 0 aromatic carbocycles. The van der Waals surface area contributed by atoms with Gasteiger partial charge in [-0.15, -0.1) is 5.10 Å². The maximum Gasteiger partial charge on any atom is 0.358 e. The average Bonchev–Trinajstić information content (AvgIpc) is 3.07. The van der Waals surface area contributed by atoms with Gasteiger partial charge >= 0.3 is 5.97 Å². The molecule has 21 heavy (non-hydrogen) atoms. The van der Waals surface area contributed by atoms with E-state index in [1.54, 1.807) is 19.1 Å². The molecule has 2 aromatic heterocycles. The van der Waals surface area contributed by atoms with Crippen molar-refractivity contribution in [3.63, 3.8) is 0 Å². The number of hydrogen-bond donors (Lipinski definition) is 3. The molecular weight excluding hydrogens is 278 g/mol. The van der Waals surface area contributed by atoms with Crippen molar-refractivity contribution < 1.29 is 19.1 Å². The fraction of sp³-hybridized carbons (Fsp3) is 0.333. The lowest BCUT2D eigenvalue weighted by Gasteiger charge is -2.12. The zero-order valence-electron chi connectivity index (χ0n) is 11.3. The second-order valence-electron chi connectivity index (χ2n) is 4.36. The molecular formula is C12H15N5O4. The van der Waals surface area contributed by atoms with Gasteiger partial charge in [0.1, 0.15) is 12.3 Å². The van der Waals surface area contributed by atoms with Gasteiger partial charge < -0.3 is 20.6 Å². The SMILES string of the molecule is CC(NC(=O)Cn1nnc(C(=O)O)c1CN)c1ccco1. The van der Waals surface area contributed by atoms with Crippen molar-refractivity contribution >= 4 is 11.9 Å². The van der Waals surface area contributed by atoms with Crippen LogP contribution in [-0.4, -0.2) is 32.0 Å². The number of aromatic nitrogens is 3. The Morgan fingerprint density at radius 2 is 2.33 bits per heavy atom. The summed E-state index contributed by atoms with van der Waals surface area (Å²) in [5.41, 5.74) is 5.43. The van der Waals surface area contributed by atoms with Gasteiger partial charge in [-0.05, 0) is 19.1 Å². The van der Waals surface area contributed by atoms with E-state index in [-0.39, 0.29) is 36.4 Å². The highest BCUT2D eigenvalue weighted by Crippen LogP contribution is 2.12. The van der Waals surface area contributed by atoms with Crippen molar-refractivity contribution in [2.75, 3.05) is 0 Å². The van der Waals surface area contributed by atoms with Gasteiger partial charge in [0.2, 0.25) is 5.91 Å². The lowest BCUT2D eigenvalue weighted by atomic mass is 10.2. The van der Waals surface area contributed by atoms with E-state index in [4.69, 9.17) is 15.3 Å². The number of nitrogens with one attached hydrogen (secondary N) is 1. The van der Waals surface area contributed by atoms with Crippen molar-refractivity contribution in [2.24, 2.45) is 5.73 Å². The zero-order chi connectivity index (χ0) is 15.4. The molecule has 9 heteroatoms. The molecule has 0 radical (unpaired) electrons. The van der Waals surface area contributed by atoms with Gasteiger partial charge in [-0.3, -0.25) is 4.79 Å². The maximum absolute atomic E-state index is 11.9. The summed E-state index contributed by atoms with van der Waals surface area (Å²) < 4.78 is 6.35. The van der Waals surface area contributed by atoms with Crippen molar-refractivity contribution in [3.05, 3.63) is 35.5 Å². The third-order valence-corrected chi connectivity index (χ3v) is 2.87. The van der Waals surface area contributed by atoms with Gasteiger partial charge in [0.15, 0.2) is 5.69 Å². The number of carboxylic acid groups (broad SMARTS) is 1. The third-order valence-electron chi connectivity index (χ3n) is 2.87. The minimum Gasteiger partial charge on any atom is -0.476 e. The fourth-order valence-corrected chi connectivity index (χ4v) is 1.86. The number of carbonyl (C=O) groups is 2. The van der Waals surface area contributed by atoms with Crippen LogP contribution in [0.3, 0.4) is 0 Å². The summed E-state index contributed by atoms with van der Waals surface area (Å²) >= 11 is 0. The largest absolute Gasteiger partial charge is 0.476 e. The Balaban J connectivity index is 2.04. The van der Waals surface area contributed by atoms with Crippen molar-refractivity contribution in [2.45, 2.75) is 26.1 Å². The smallest absolute Gasteiger partial charge is 0.358 e. The van der Waals surface area contributed by atoms with E-state index < -0.39 is 5.97 Å². The fourth-order valence-electron chi connectivity index (χ4n) is 1.86. The molecule has 1 atom stereocenters. The number of rotatable bonds is 6. The number of hydrogen-bond acceptors (Lipinski definition) is 6. The molecule has 0 aliphatic rings. The molecule has 0 bridgehead atoms. The second kappa shape index (κ2) is 6.18. The highest BCUT2D eigenvalue weighted by molar-refractivity contribution is 5.86. The zero-order valence-corrected chi connectivity index (χ0v) is 11.3. The van der Waals surface area contributed by atoms with Crippen molar-refractivity contribution in [1.82, 2.24) is 20.3 Å². The monoisotopic (exact) mass is 293 g/mol. The van der Waals surface area contributed by atoms with Gasteiger partial charge in [-0.2, -0.15) is 0 Å². The number of nitrogens with two attached hydrogens (primary N) is 1. The minimum absolute atomic E-state index is 0.0738. The molecule has 2 aromatic rings. The van der Waals surface area contributed by atoms with Crippen molar-refractivity contribution in [3.8, 4) is 0 Å². The molecule has 9 nitrogen and oxygen atoms in total. The summed E-state index contributed by atoms with van der Waals surface area (Å²) in [7, 11) is 0. The van der Waals surface area contributed by atoms with Gasteiger partial charge in [0, 0.05) is 6.54 Å². The molecule has 1 amide bonds. The minimum atomic E-state index is -1.23. The van der Waals surface area contributed by atoms with E-state index in [0.717, 1.165) is 0 Å². The van der Waals surface area contributed by atoms with E-state index in [0.29, 0.717) is 5.76 Å². The first kappa shape index (κ1) is 14.7. The highest BCUT2D eigenvalue weighted by Gasteiger charge is 2.20. The quantitative estimate of drug-likeness (QED) is 0.676. The topological polar surface area (TPSA) is 136 Å². The molecule has 2 heterocycles. The summed E-state index contributed by atoms with van der Waals surface area (Å²) in [4.78, 5) is 22.9. The number of amides is 1. The molecule has 2 rings (SSSR count). The summed E-state index contributed by atoms with van der Waals surface area (Å²) in [5, 5.41) is 18.8. The Morgan fingerprint density at radius 3 is 2.90 bits per heavy atom. The molecule has 0 spiro atoms. The Hall–Kier alpha value is -2.68. The number of nitrogens with zero attached hydrogens (tertiary/aromatic N) is 3. The number of furan rings is 1. The first-order valence-electron chi connectivity index (χ1n) is 6.21. The number of carbonyl (C=O) groups excluding carboxylic acids is 1. The summed E-state index contributed by atoms with van der Waals surface area (Å²) in [5.74, 6) is -0.964. The van der Waals surface area contributed by atoms with Crippen molar-refractivity contribution in [1.29, 1.82) is 0 Å². The van der Waals surface area contributed by atoms with Crippen LogP contribution in [0.5, 0.6) is 0 Å². The Bertz CT molecular complexity index is 634. The van der Waals surface area contributed by atoms with E-state index in [1.807, 2.05) is 0 Å². The van der Waals surface area contributed by atoms with Gasteiger partial charge in [-0.1, -0.05) is 5.21 Å². The third kappa shape index (κ3) is 3.26. The van der Waals surface area contributed by atoms with E-state index in [1.165, 1.54) is 10.9 Å². The maximum atomic E-state index is 11.9. The highest BCUT2D eigenvalue weighted by atomic mass is 16.4. The Kier molecular flexibility index (Phi) is 4.33. The number of carboxylic acids is 1. The molecule has 0 aliphatic carbocycles. The van der Waals surface area contributed by atoms with E-state index in [2.05, 4.69) is 15.6 Å². The van der Waals surface area contributed by atoms with E-state index >= 15 is 0 Å². The predicted molar refractivity (Wildman–Crippen MR) is 70.1 cm³/mol. The molecule has 0 saturated heterocycles. The standard InChI is InChI=1S/C12H15N5O4/c1-7(9-3-2-4-21-9)14-10(18)6-17-8(5-13)11(12(19)20)15-16-17/h2-4,7H,5-6,13H2,1H3,(H,14,18)(H,19,20). The van der Waals surface area contributed by atoms with Crippen LogP contribution in [0.25, 0.3) is 0 Å². The summed E-state index contributed by atoms with van der Waals surface area (Å²) in [6.07, 6.45) is 1.51. The van der Waals surface area contributed by atoms with Crippen LogP contribution in [0.4, 0.5) is 0 Å². The predicted octanol–water partition coefficient (Wildman–Crippen LogP) is -0.0946.